The summed E-state index contributed by atoms with van der Waals surface area (Å²) in [6, 6.07) is 0. The van der Waals surface area contributed by atoms with Crippen LogP contribution in [-0.4, -0.2) is 123 Å². The van der Waals surface area contributed by atoms with Crippen molar-refractivity contribution >= 4 is 69.1 Å². The maximum atomic E-state index is 12.7. The van der Waals surface area contributed by atoms with Crippen molar-refractivity contribution in [3.05, 3.63) is 24.8 Å². The Labute approximate surface area is 362 Å². The number of unbranched alkanes of at least 4 members (excludes halogenated alkanes) is 8. The minimum atomic E-state index is -5.57. The molecule has 0 bridgehead atoms. The lowest BCUT2D eigenvalue weighted by Gasteiger charge is -2.30. The van der Waals surface area contributed by atoms with Gasteiger partial charge in [0.1, 0.15) is 36.3 Å². The van der Waals surface area contributed by atoms with E-state index in [1.165, 1.54) is 58.4 Å². The van der Waals surface area contributed by atoms with Crippen LogP contribution in [0.3, 0.4) is 0 Å². The van der Waals surface area contributed by atoms with E-state index >= 15 is 0 Å². The molecule has 1 fully saturated rings. The fourth-order valence-corrected chi connectivity index (χ4v) is 9.33. The lowest BCUT2D eigenvalue weighted by atomic mass is 9.87. The molecular weight excluding hydrogens is 903 g/mol. The summed E-state index contributed by atoms with van der Waals surface area (Å²) in [5.41, 5.74) is 4.27. The number of phosphoric acid groups is 3. The number of nitrogens with zero attached hydrogens (tertiary/aromatic N) is 4. The second kappa shape index (κ2) is 25.1. The van der Waals surface area contributed by atoms with Crippen molar-refractivity contribution in [2.45, 2.75) is 116 Å². The van der Waals surface area contributed by atoms with Crippen LogP contribution in [0.1, 0.15) is 91.2 Å². The van der Waals surface area contributed by atoms with Crippen LogP contribution in [0.15, 0.2) is 24.8 Å². The number of imidazole rings is 1. The number of anilines is 1. The fourth-order valence-electron chi connectivity index (χ4n) is 5.91. The Morgan fingerprint density at radius 3 is 2.32 bits per heavy atom. The van der Waals surface area contributed by atoms with Crippen molar-refractivity contribution < 1.29 is 80.5 Å². The maximum Gasteiger partial charge on any atom is 0.481 e. The number of allylic oxidation sites excluding steroid dienone is 1. The zero-order valence-corrected chi connectivity index (χ0v) is 38.1. The first-order valence-electron chi connectivity index (χ1n) is 19.8. The fraction of sp³-hybridized carbons (Fsp3) is 0.706. The Morgan fingerprint density at radius 1 is 0.984 bits per heavy atom. The van der Waals surface area contributed by atoms with Gasteiger partial charge in [-0.2, -0.15) is 4.31 Å². The number of nitrogens with one attached hydrogen (secondary N) is 2. The van der Waals surface area contributed by atoms with Gasteiger partial charge < -0.3 is 50.9 Å². The van der Waals surface area contributed by atoms with Crippen molar-refractivity contribution in [3.8, 4) is 0 Å². The van der Waals surface area contributed by atoms with Crippen LogP contribution in [-0.2, 0) is 50.7 Å². The number of nitrogen functional groups attached to an aromatic ring is 1. The first-order valence-corrected chi connectivity index (χ1v) is 25.3. The van der Waals surface area contributed by atoms with E-state index in [1.807, 2.05) is 6.08 Å². The highest BCUT2D eigenvalue weighted by Gasteiger charge is 2.50. The Kier molecular flexibility index (Phi) is 21.7. The second-order valence-corrected chi connectivity index (χ2v) is 20.2. The number of carbonyl (C=O) groups excluding carboxylic acids is 3. The monoisotopic (exact) mass is 961 g/mol. The molecule has 7 atom stereocenters. The quantitative estimate of drug-likeness (QED) is 0.0321. The molecule has 352 valence electrons. The topological polar surface area (TPSA) is 364 Å². The van der Waals surface area contributed by atoms with Crippen molar-refractivity contribution in [2.24, 2.45) is 5.41 Å². The van der Waals surface area contributed by atoms with E-state index in [-0.39, 0.29) is 41.6 Å². The number of phosphoric ester groups is 3. The third-order valence-corrected chi connectivity index (χ3v) is 13.2. The molecule has 0 aromatic carbocycles. The largest absolute Gasteiger partial charge is 0.481 e. The zero-order chi connectivity index (χ0) is 46.1. The first kappa shape index (κ1) is 53.6. The lowest BCUT2D eigenvalue weighted by Crippen LogP contribution is -2.46. The minimum Gasteiger partial charge on any atom is -0.386 e. The summed E-state index contributed by atoms with van der Waals surface area (Å²) in [5.74, 6) is -1.10. The number of fused-ring (bicyclic) bond motifs is 1. The minimum absolute atomic E-state index is 0.0318. The lowest BCUT2D eigenvalue weighted by molar-refractivity contribution is -0.137. The van der Waals surface area contributed by atoms with Crippen molar-refractivity contribution in [1.82, 2.24) is 30.2 Å². The van der Waals surface area contributed by atoms with Gasteiger partial charge in [0.15, 0.2) is 17.7 Å². The predicted octanol–water partition coefficient (Wildman–Crippen LogP) is 2.75. The van der Waals surface area contributed by atoms with Crippen molar-refractivity contribution in [3.63, 3.8) is 0 Å². The van der Waals surface area contributed by atoms with Crippen LogP contribution in [0.2, 0.25) is 0 Å². The molecule has 0 saturated carbocycles. The Morgan fingerprint density at radius 2 is 1.65 bits per heavy atom. The average molecular weight is 962 g/mol. The Hall–Kier alpha value is -2.70. The summed E-state index contributed by atoms with van der Waals surface area (Å²) < 4.78 is 62.3. The molecule has 24 nitrogen and oxygen atoms in total. The molecule has 1 saturated heterocycles. The van der Waals surface area contributed by atoms with Gasteiger partial charge in [-0.15, -0.1) is 0 Å². The smallest absolute Gasteiger partial charge is 0.386 e. The zero-order valence-electron chi connectivity index (χ0n) is 34.6. The highest BCUT2D eigenvalue weighted by atomic mass is 32.2. The molecule has 3 heterocycles. The molecule has 3 rings (SSSR count). The number of thioether (sulfide) groups is 1. The van der Waals surface area contributed by atoms with E-state index in [0.29, 0.717) is 5.75 Å². The predicted molar refractivity (Wildman–Crippen MR) is 223 cm³/mol. The summed E-state index contributed by atoms with van der Waals surface area (Å²) in [6.45, 7) is 2.71. The van der Waals surface area contributed by atoms with Crippen molar-refractivity contribution in [2.75, 3.05) is 37.8 Å². The number of aliphatic hydroxyl groups excluding tert-OH is 2. The van der Waals surface area contributed by atoms with Gasteiger partial charge in [0.25, 0.3) is 0 Å². The number of hydrogen-bond acceptors (Lipinski definition) is 18. The van der Waals surface area contributed by atoms with Gasteiger partial charge in [-0.3, -0.25) is 32.5 Å². The number of nitrogens with two attached hydrogens (primary N) is 1. The molecular formula is C34H58N7O17P3S. The van der Waals surface area contributed by atoms with E-state index in [2.05, 4.69) is 41.3 Å². The number of carbonyl (C=O) groups is 3. The number of aliphatic hydroxyl groups is 2. The van der Waals surface area contributed by atoms with Crippen molar-refractivity contribution in [1.29, 1.82) is 0 Å². The molecule has 1 aliphatic rings. The van der Waals surface area contributed by atoms with Gasteiger partial charge in [0.2, 0.25) is 16.9 Å². The van der Waals surface area contributed by atoms with Crippen LogP contribution < -0.4 is 16.4 Å². The molecule has 7 unspecified atom stereocenters. The number of hydrogen-bond donors (Lipinski definition) is 9. The standard InChI is InChI=1S/C34H58N7O17P3S/c1-4-5-6-7-8-9-10-11-12-13-14-25(43)62-18-17-36-24(42)15-16-37-32(46)29(45)34(2,3)20-55-61(52,53)58-60(50,51)54-19-23-28(57-59(47,48)49)27(44)33(56-23)41-22-40-26-30(35)38-21-39-31(26)41/h13-14,21-23,27-29,33,44-45H,4-12,15-20H2,1-3H3,(H,36,42)(H,37,46)(H,50,51)(H,52,53)(H2,35,38,39)(H2,47,48,49)/b14-13+. The Bertz CT molecular complexity index is 1950. The first-order chi connectivity index (χ1) is 29.1. The molecule has 0 radical (unpaired) electrons. The third kappa shape index (κ3) is 18.4. The van der Waals surface area contributed by atoms with Crippen LogP contribution in [0.4, 0.5) is 5.82 Å². The number of ether oxygens (including phenoxy) is 1. The summed E-state index contributed by atoms with van der Waals surface area (Å²) in [7, 11) is -16.4. The third-order valence-electron chi connectivity index (χ3n) is 9.22. The Balaban J connectivity index is 1.38. The molecule has 62 heavy (non-hydrogen) atoms. The highest BCUT2D eigenvalue weighted by molar-refractivity contribution is 8.14. The molecule has 2 amide bonds. The SMILES string of the molecule is CCCCCCCCCC/C=C/C(=O)SCCNC(=O)CCNC(=O)C(O)C(C)(C)COP(=O)(O)OP(=O)(O)OCC1OC(n2cnc3c(N)ncnc32)C(O)C1OP(=O)(O)O. The van der Waals surface area contributed by atoms with Crippen LogP contribution in [0.25, 0.3) is 11.2 Å². The molecule has 2 aromatic rings. The van der Waals surface area contributed by atoms with Gasteiger partial charge in [-0.25, -0.2) is 28.6 Å². The van der Waals surface area contributed by atoms with Crippen LogP contribution in [0, 0.1) is 5.41 Å². The second-order valence-electron chi connectivity index (χ2n) is 14.9. The van der Waals surface area contributed by atoms with E-state index in [4.69, 9.17) is 19.5 Å². The molecule has 28 heteroatoms. The van der Waals surface area contributed by atoms with E-state index in [1.54, 1.807) is 0 Å². The normalized spacial score (nSPS) is 20.9. The summed E-state index contributed by atoms with van der Waals surface area (Å²) in [4.78, 5) is 88.0. The van der Waals surface area contributed by atoms with E-state index in [9.17, 15) is 57.9 Å². The number of amides is 2. The van der Waals surface area contributed by atoms with Gasteiger partial charge in [0.05, 0.1) is 19.5 Å². The molecule has 0 spiro atoms. The van der Waals surface area contributed by atoms with E-state index in [0.717, 1.165) is 48.2 Å². The van der Waals surface area contributed by atoms with Crippen LogP contribution in [0.5, 0.6) is 0 Å². The molecule has 2 aromatic heterocycles. The molecule has 1 aliphatic heterocycles. The van der Waals surface area contributed by atoms with Gasteiger partial charge in [-0.05, 0) is 18.9 Å². The summed E-state index contributed by atoms with van der Waals surface area (Å²) in [5, 5.41) is 26.4. The summed E-state index contributed by atoms with van der Waals surface area (Å²) >= 11 is 1.06. The maximum absolute atomic E-state index is 12.7. The highest BCUT2D eigenvalue weighted by Crippen LogP contribution is 2.61. The molecule has 10 N–H and O–H groups in total. The number of aromatic nitrogens is 4. The average Bonchev–Trinajstić information content (AvgIpc) is 3.75. The van der Waals surface area contributed by atoms with Gasteiger partial charge in [0, 0.05) is 30.7 Å². The van der Waals surface area contributed by atoms with Gasteiger partial charge in [-0.1, -0.05) is 83.6 Å². The van der Waals surface area contributed by atoms with Crippen LogP contribution >= 0.6 is 35.2 Å². The number of rotatable bonds is 29. The van der Waals surface area contributed by atoms with E-state index < -0.39 is 84.6 Å². The van der Waals surface area contributed by atoms with Gasteiger partial charge >= 0.3 is 23.5 Å². The summed E-state index contributed by atoms with van der Waals surface area (Å²) in [6.07, 6.45) is 6.99. The molecule has 0 aliphatic carbocycles.